The van der Waals surface area contributed by atoms with Gasteiger partial charge in [-0.25, -0.2) is 0 Å². The first-order valence-corrected chi connectivity index (χ1v) is 5.78. The molecule has 0 saturated heterocycles. The molecule has 1 saturated carbocycles. The maximum Gasteiger partial charge on any atom is 0.0991 e. The molecule has 16 heavy (non-hydrogen) atoms. The maximum atomic E-state index is 10.3. The van der Waals surface area contributed by atoms with Crippen LogP contribution in [0.5, 0.6) is 0 Å². The molecular formula is C13H16N2O. The molecule has 0 aliphatic heterocycles. The van der Waals surface area contributed by atoms with Crippen LogP contribution in [0.1, 0.15) is 43.8 Å². The van der Waals surface area contributed by atoms with Crippen LogP contribution in [0.25, 0.3) is 0 Å². The van der Waals surface area contributed by atoms with Gasteiger partial charge in [0.2, 0.25) is 0 Å². The van der Waals surface area contributed by atoms with Crippen molar-refractivity contribution in [2.45, 2.75) is 38.2 Å². The second-order valence-electron chi connectivity index (χ2n) is 4.52. The van der Waals surface area contributed by atoms with Crippen molar-refractivity contribution in [2.24, 2.45) is 5.41 Å². The normalized spacial score (nSPS) is 21.0. The number of aliphatic hydroxyl groups is 1. The minimum atomic E-state index is -0.702. The molecule has 0 amide bonds. The molecule has 1 aliphatic rings. The average Bonchev–Trinajstić information content (AvgIpc) is 2.39. The van der Waals surface area contributed by atoms with Crippen LogP contribution in [-0.4, -0.2) is 10.1 Å². The van der Waals surface area contributed by atoms with Gasteiger partial charge in [-0.3, -0.25) is 4.98 Å². The Morgan fingerprint density at radius 2 is 2.12 bits per heavy atom. The fourth-order valence-electron chi connectivity index (χ4n) is 2.49. The van der Waals surface area contributed by atoms with Crippen molar-refractivity contribution < 1.29 is 5.11 Å². The zero-order chi connectivity index (χ0) is 11.4. The Morgan fingerprint density at radius 1 is 1.38 bits per heavy atom. The van der Waals surface area contributed by atoms with E-state index < -0.39 is 11.5 Å². The predicted molar refractivity (Wildman–Crippen MR) is 60.3 cm³/mol. The number of hydrogen-bond acceptors (Lipinski definition) is 3. The molecule has 3 nitrogen and oxygen atoms in total. The van der Waals surface area contributed by atoms with E-state index in [2.05, 4.69) is 11.1 Å². The van der Waals surface area contributed by atoms with Gasteiger partial charge in [0.25, 0.3) is 0 Å². The van der Waals surface area contributed by atoms with E-state index >= 15 is 0 Å². The van der Waals surface area contributed by atoms with Crippen molar-refractivity contribution in [1.29, 1.82) is 5.26 Å². The first kappa shape index (κ1) is 11.1. The highest BCUT2D eigenvalue weighted by Gasteiger charge is 2.40. The molecule has 1 atom stereocenters. The number of aromatic nitrogens is 1. The molecular weight excluding hydrogens is 200 g/mol. The maximum absolute atomic E-state index is 10.3. The lowest BCUT2D eigenvalue weighted by Crippen LogP contribution is -2.30. The largest absolute Gasteiger partial charge is 0.387 e. The number of rotatable bonds is 2. The summed E-state index contributed by atoms with van der Waals surface area (Å²) in [6.07, 6.45) is 7.44. The molecule has 1 N–H and O–H groups in total. The average molecular weight is 216 g/mol. The highest BCUT2D eigenvalue weighted by atomic mass is 16.3. The van der Waals surface area contributed by atoms with Crippen LogP contribution in [0.15, 0.2) is 24.5 Å². The second-order valence-corrected chi connectivity index (χ2v) is 4.52. The van der Waals surface area contributed by atoms with Crippen LogP contribution in [0.2, 0.25) is 0 Å². The van der Waals surface area contributed by atoms with Crippen LogP contribution in [0.4, 0.5) is 0 Å². The van der Waals surface area contributed by atoms with Gasteiger partial charge in [0.05, 0.1) is 17.6 Å². The summed E-state index contributed by atoms with van der Waals surface area (Å²) in [6, 6.07) is 5.97. The summed E-state index contributed by atoms with van der Waals surface area (Å²) in [6.45, 7) is 0. The van der Waals surface area contributed by atoms with Crippen molar-refractivity contribution in [3.05, 3.63) is 30.1 Å². The Balaban J connectivity index is 2.25. The number of pyridine rings is 1. The van der Waals surface area contributed by atoms with Crippen LogP contribution >= 0.6 is 0 Å². The highest BCUT2D eigenvalue weighted by Crippen LogP contribution is 2.45. The van der Waals surface area contributed by atoms with E-state index in [4.69, 9.17) is 0 Å². The van der Waals surface area contributed by atoms with E-state index in [0.717, 1.165) is 31.2 Å². The fourth-order valence-corrected chi connectivity index (χ4v) is 2.49. The first-order valence-electron chi connectivity index (χ1n) is 5.78. The third-order valence-corrected chi connectivity index (χ3v) is 3.49. The van der Waals surface area contributed by atoms with Gasteiger partial charge in [0.15, 0.2) is 0 Å². The fraction of sp³-hybridized carbons (Fsp3) is 0.538. The van der Waals surface area contributed by atoms with E-state index in [9.17, 15) is 10.4 Å². The van der Waals surface area contributed by atoms with E-state index in [-0.39, 0.29) is 0 Å². The Kier molecular flexibility index (Phi) is 3.21. The smallest absolute Gasteiger partial charge is 0.0991 e. The molecule has 3 heteroatoms. The van der Waals surface area contributed by atoms with E-state index in [1.165, 1.54) is 6.42 Å². The first-order chi connectivity index (χ1) is 7.78. The van der Waals surface area contributed by atoms with Gasteiger partial charge in [0.1, 0.15) is 0 Å². The minimum Gasteiger partial charge on any atom is -0.387 e. The Hall–Kier alpha value is -1.40. The molecule has 2 rings (SSSR count). The SMILES string of the molecule is N#CC1(C(O)c2cccnc2)CCCCC1. The molecule has 0 aromatic carbocycles. The molecule has 1 aromatic heterocycles. The Labute approximate surface area is 95.8 Å². The molecule has 84 valence electrons. The third kappa shape index (κ3) is 1.94. The van der Waals surface area contributed by atoms with Crippen LogP contribution in [0, 0.1) is 16.7 Å². The summed E-state index contributed by atoms with van der Waals surface area (Å²) >= 11 is 0. The highest BCUT2D eigenvalue weighted by molar-refractivity contribution is 5.20. The zero-order valence-corrected chi connectivity index (χ0v) is 9.26. The van der Waals surface area contributed by atoms with Crippen molar-refractivity contribution in [1.82, 2.24) is 4.98 Å². The van der Waals surface area contributed by atoms with E-state index in [0.29, 0.717) is 0 Å². The third-order valence-electron chi connectivity index (χ3n) is 3.49. The summed E-state index contributed by atoms with van der Waals surface area (Å²) in [4.78, 5) is 4.00. The van der Waals surface area contributed by atoms with Crippen LogP contribution in [0.3, 0.4) is 0 Å². The lowest BCUT2D eigenvalue weighted by atomic mass is 9.70. The summed E-state index contributed by atoms with van der Waals surface area (Å²) in [5.74, 6) is 0. The summed E-state index contributed by atoms with van der Waals surface area (Å²) in [5, 5.41) is 19.7. The molecule has 1 aliphatic carbocycles. The van der Waals surface area contributed by atoms with Gasteiger partial charge in [-0.15, -0.1) is 0 Å². The Morgan fingerprint density at radius 3 is 2.69 bits per heavy atom. The lowest BCUT2D eigenvalue weighted by Gasteiger charge is -2.35. The number of nitriles is 1. The summed E-state index contributed by atoms with van der Waals surface area (Å²) in [5.41, 5.74) is 0.160. The predicted octanol–water partition coefficient (Wildman–Crippen LogP) is 2.59. The van der Waals surface area contributed by atoms with Crippen molar-refractivity contribution in [3.8, 4) is 6.07 Å². The topological polar surface area (TPSA) is 56.9 Å². The minimum absolute atomic E-state index is 0.596. The van der Waals surface area contributed by atoms with Gasteiger partial charge in [-0.05, 0) is 18.9 Å². The van der Waals surface area contributed by atoms with Gasteiger partial charge < -0.3 is 5.11 Å². The quantitative estimate of drug-likeness (QED) is 0.826. The van der Waals surface area contributed by atoms with E-state index in [1.54, 1.807) is 18.5 Å². The summed E-state index contributed by atoms with van der Waals surface area (Å²) in [7, 11) is 0. The molecule has 0 radical (unpaired) electrons. The monoisotopic (exact) mass is 216 g/mol. The second kappa shape index (κ2) is 4.63. The van der Waals surface area contributed by atoms with Gasteiger partial charge >= 0.3 is 0 Å². The van der Waals surface area contributed by atoms with Gasteiger partial charge in [-0.2, -0.15) is 5.26 Å². The van der Waals surface area contributed by atoms with Crippen LogP contribution in [-0.2, 0) is 0 Å². The van der Waals surface area contributed by atoms with Gasteiger partial charge in [-0.1, -0.05) is 25.3 Å². The molecule has 1 fully saturated rings. The molecule has 1 aromatic rings. The van der Waals surface area contributed by atoms with Crippen molar-refractivity contribution >= 4 is 0 Å². The molecule has 0 bridgehead atoms. The van der Waals surface area contributed by atoms with Crippen molar-refractivity contribution in [3.63, 3.8) is 0 Å². The van der Waals surface area contributed by atoms with E-state index in [1.807, 2.05) is 6.07 Å². The zero-order valence-electron chi connectivity index (χ0n) is 9.26. The standard InChI is InChI=1S/C13H16N2O/c14-10-13(6-2-1-3-7-13)12(16)11-5-4-8-15-9-11/h4-5,8-9,12,16H,1-3,6-7H2. The molecule has 1 heterocycles. The van der Waals surface area contributed by atoms with Crippen molar-refractivity contribution in [2.75, 3.05) is 0 Å². The van der Waals surface area contributed by atoms with Gasteiger partial charge in [0, 0.05) is 18.0 Å². The summed E-state index contributed by atoms with van der Waals surface area (Å²) < 4.78 is 0. The number of aliphatic hydroxyl groups excluding tert-OH is 1. The van der Waals surface area contributed by atoms with Crippen LogP contribution < -0.4 is 0 Å². The lowest BCUT2D eigenvalue weighted by molar-refractivity contribution is 0.0357. The number of nitrogens with zero attached hydrogens (tertiary/aromatic N) is 2. The molecule has 0 spiro atoms. The number of hydrogen-bond donors (Lipinski definition) is 1. The Bertz CT molecular complexity index is 377. The molecule has 1 unspecified atom stereocenters.